The number of nitrogens with one attached hydrogen (secondary N) is 2. The highest BCUT2D eigenvalue weighted by Gasteiger charge is 2.07. The molecule has 32 heavy (non-hydrogen) atoms. The number of benzene rings is 3. The summed E-state index contributed by atoms with van der Waals surface area (Å²) in [6.45, 7) is 1.71. The smallest absolute Gasteiger partial charge is 0.271 e. The van der Waals surface area contributed by atoms with Gasteiger partial charge in [-0.3, -0.25) is 9.59 Å². The minimum atomic E-state index is -0.366. The molecule has 2 amide bonds. The first kappa shape index (κ1) is 23.8. The molecule has 0 atom stereocenters. The van der Waals surface area contributed by atoms with E-state index in [1.807, 2.05) is 12.1 Å². The number of nitrogens with zero attached hydrogens (tertiary/aromatic N) is 1. The van der Waals surface area contributed by atoms with Crippen LogP contribution in [0.4, 0.5) is 5.69 Å². The number of halogens is 3. The molecule has 3 aromatic carbocycles. The Morgan fingerprint density at radius 3 is 2.47 bits per heavy atom. The van der Waals surface area contributed by atoms with Gasteiger partial charge in [0, 0.05) is 33.8 Å². The molecule has 0 aromatic heterocycles. The van der Waals surface area contributed by atoms with Crippen LogP contribution >= 0.6 is 39.1 Å². The van der Waals surface area contributed by atoms with Gasteiger partial charge in [0.25, 0.3) is 5.91 Å². The minimum absolute atomic E-state index is 0.178. The Kier molecular flexibility index (Phi) is 8.27. The first-order chi connectivity index (χ1) is 15.3. The molecule has 0 aliphatic heterocycles. The standard InChI is InChI=1S/C23H18BrCl2N3O3/c1-14(30)28-19-7-4-16(5-8-19)23(31)29-27-12-15-2-9-22(20(24)10-15)32-13-17-3-6-18(25)11-21(17)26/h2-12H,13H2,1H3,(H,28,30)(H,29,31)/b27-12-. The molecule has 0 fully saturated rings. The minimum Gasteiger partial charge on any atom is -0.488 e. The van der Waals surface area contributed by atoms with E-state index in [0.29, 0.717) is 33.7 Å². The van der Waals surface area contributed by atoms with Crippen LogP contribution in [0.5, 0.6) is 5.75 Å². The van der Waals surface area contributed by atoms with Crippen LogP contribution in [0, 0.1) is 0 Å². The van der Waals surface area contributed by atoms with E-state index in [1.54, 1.807) is 48.5 Å². The fourth-order valence-corrected chi connectivity index (χ4v) is 3.62. The van der Waals surface area contributed by atoms with Gasteiger partial charge in [-0.05, 0) is 76.1 Å². The summed E-state index contributed by atoms with van der Waals surface area (Å²) in [5.41, 5.74) is 5.08. The highest BCUT2D eigenvalue weighted by atomic mass is 79.9. The van der Waals surface area contributed by atoms with E-state index in [2.05, 4.69) is 31.8 Å². The molecule has 0 aliphatic rings. The predicted octanol–water partition coefficient (Wildman–Crippen LogP) is 6.06. The molecule has 0 heterocycles. The average Bonchev–Trinajstić information content (AvgIpc) is 2.74. The van der Waals surface area contributed by atoms with Crippen LogP contribution in [0.2, 0.25) is 10.0 Å². The number of carbonyl (C=O) groups excluding carboxylic acids is 2. The van der Waals surface area contributed by atoms with Crippen LogP contribution in [-0.4, -0.2) is 18.0 Å². The maximum Gasteiger partial charge on any atom is 0.271 e. The molecule has 3 aromatic rings. The lowest BCUT2D eigenvalue weighted by Gasteiger charge is -2.10. The number of amides is 2. The number of hydrazone groups is 1. The Labute approximate surface area is 203 Å². The van der Waals surface area contributed by atoms with E-state index < -0.39 is 0 Å². The Balaban J connectivity index is 1.56. The second-order valence-electron chi connectivity index (χ2n) is 6.67. The van der Waals surface area contributed by atoms with Crippen molar-refractivity contribution in [2.45, 2.75) is 13.5 Å². The van der Waals surface area contributed by atoms with Crippen LogP contribution in [-0.2, 0) is 11.4 Å². The lowest BCUT2D eigenvalue weighted by molar-refractivity contribution is -0.114. The Morgan fingerprint density at radius 2 is 1.81 bits per heavy atom. The molecule has 0 unspecified atom stereocenters. The molecule has 2 N–H and O–H groups in total. The Hall–Kier alpha value is -2.87. The molecular formula is C23H18BrCl2N3O3. The highest BCUT2D eigenvalue weighted by Crippen LogP contribution is 2.28. The summed E-state index contributed by atoms with van der Waals surface area (Å²) in [5.74, 6) is 0.0918. The summed E-state index contributed by atoms with van der Waals surface area (Å²) < 4.78 is 6.55. The largest absolute Gasteiger partial charge is 0.488 e. The van der Waals surface area contributed by atoms with Crippen LogP contribution in [0.15, 0.2) is 70.2 Å². The maximum absolute atomic E-state index is 12.2. The lowest BCUT2D eigenvalue weighted by atomic mass is 10.2. The zero-order chi connectivity index (χ0) is 23.1. The van der Waals surface area contributed by atoms with Gasteiger partial charge in [0.2, 0.25) is 5.91 Å². The third-order valence-corrected chi connectivity index (χ3v) is 5.41. The second-order valence-corrected chi connectivity index (χ2v) is 8.37. The fraction of sp³-hybridized carbons (Fsp3) is 0.0870. The van der Waals surface area contributed by atoms with Crippen molar-refractivity contribution in [2.24, 2.45) is 5.10 Å². The summed E-state index contributed by atoms with van der Waals surface area (Å²) in [5, 5.41) is 7.74. The van der Waals surface area contributed by atoms with E-state index >= 15 is 0 Å². The summed E-state index contributed by atoms with van der Waals surface area (Å²) in [6, 6.07) is 17.2. The van der Waals surface area contributed by atoms with Gasteiger partial charge < -0.3 is 10.1 Å². The summed E-state index contributed by atoms with van der Waals surface area (Å²) in [7, 11) is 0. The molecule has 3 rings (SSSR count). The third kappa shape index (κ3) is 6.82. The van der Waals surface area contributed by atoms with Crippen LogP contribution < -0.4 is 15.5 Å². The van der Waals surface area contributed by atoms with Crippen LogP contribution in [0.25, 0.3) is 0 Å². The Morgan fingerprint density at radius 1 is 1.06 bits per heavy atom. The fourth-order valence-electron chi connectivity index (χ4n) is 2.65. The van der Waals surface area contributed by atoms with E-state index in [0.717, 1.165) is 15.6 Å². The average molecular weight is 535 g/mol. The molecule has 0 saturated heterocycles. The first-order valence-corrected chi connectivity index (χ1v) is 10.9. The lowest BCUT2D eigenvalue weighted by Crippen LogP contribution is -2.17. The number of hydrogen-bond donors (Lipinski definition) is 2. The van der Waals surface area contributed by atoms with E-state index in [4.69, 9.17) is 27.9 Å². The van der Waals surface area contributed by atoms with Crippen molar-refractivity contribution in [2.75, 3.05) is 5.32 Å². The van der Waals surface area contributed by atoms with Crippen LogP contribution in [0.1, 0.15) is 28.4 Å². The Bertz CT molecular complexity index is 1170. The van der Waals surface area contributed by atoms with Gasteiger partial charge in [-0.15, -0.1) is 0 Å². The summed E-state index contributed by atoms with van der Waals surface area (Å²) >= 11 is 15.6. The molecule has 0 saturated carbocycles. The molecule has 6 nitrogen and oxygen atoms in total. The van der Waals surface area contributed by atoms with Crippen molar-refractivity contribution in [3.8, 4) is 5.75 Å². The first-order valence-electron chi connectivity index (χ1n) is 9.39. The summed E-state index contributed by atoms with van der Waals surface area (Å²) in [6.07, 6.45) is 1.52. The molecule has 9 heteroatoms. The molecule has 0 aliphatic carbocycles. The van der Waals surface area contributed by atoms with Crippen molar-refractivity contribution in [1.29, 1.82) is 0 Å². The molecule has 0 bridgehead atoms. The van der Waals surface area contributed by atoms with Crippen LogP contribution in [0.3, 0.4) is 0 Å². The van der Waals surface area contributed by atoms with E-state index in [9.17, 15) is 9.59 Å². The van der Waals surface area contributed by atoms with E-state index in [-0.39, 0.29) is 11.8 Å². The second kappa shape index (κ2) is 11.1. The SMILES string of the molecule is CC(=O)Nc1ccc(C(=O)N/N=C\c2ccc(OCc3ccc(Cl)cc3Cl)c(Br)c2)cc1. The molecule has 0 radical (unpaired) electrons. The zero-order valence-electron chi connectivity index (χ0n) is 16.9. The van der Waals surface area contributed by atoms with Gasteiger partial charge in [0.15, 0.2) is 0 Å². The molecular weight excluding hydrogens is 517 g/mol. The van der Waals surface area contributed by atoms with Gasteiger partial charge in [0.1, 0.15) is 12.4 Å². The normalized spacial score (nSPS) is 10.8. The van der Waals surface area contributed by atoms with Crippen molar-refractivity contribution < 1.29 is 14.3 Å². The van der Waals surface area contributed by atoms with Crippen molar-refractivity contribution >= 4 is 62.8 Å². The number of carbonyl (C=O) groups is 2. The van der Waals surface area contributed by atoms with Crippen molar-refractivity contribution in [1.82, 2.24) is 5.43 Å². The van der Waals surface area contributed by atoms with Gasteiger partial charge in [-0.25, -0.2) is 5.43 Å². The monoisotopic (exact) mass is 533 g/mol. The highest BCUT2D eigenvalue weighted by molar-refractivity contribution is 9.10. The topological polar surface area (TPSA) is 79.8 Å². The number of anilines is 1. The van der Waals surface area contributed by atoms with Gasteiger partial charge in [-0.1, -0.05) is 29.3 Å². The third-order valence-electron chi connectivity index (χ3n) is 4.20. The molecule has 164 valence electrons. The quantitative estimate of drug-likeness (QED) is 0.285. The van der Waals surface area contributed by atoms with Gasteiger partial charge in [0.05, 0.1) is 10.7 Å². The van der Waals surface area contributed by atoms with Crippen molar-refractivity contribution in [3.63, 3.8) is 0 Å². The number of hydrogen-bond acceptors (Lipinski definition) is 4. The van der Waals surface area contributed by atoms with Crippen molar-refractivity contribution in [3.05, 3.63) is 91.9 Å². The predicted molar refractivity (Wildman–Crippen MR) is 131 cm³/mol. The number of ether oxygens (including phenoxy) is 1. The van der Waals surface area contributed by atoms with Gasteiger partial charge >= 0.3 is 0 Å². The number of rotatable bonds is 7. The maximum atomic E-state index is 12.2. The summed E-state index contributed by atoms with van der Waals surface area (Å²) in [4.78, 5) is 23.2. The molecule has 0 spiro atoms. The zero-order valence-corrected chi connectivity index (χ0v) is 20.0. The van der Waals surface area contributed by atoms with E-state index in [1.165, 1.54) is 13.1 Å². The van der Waals surface area contributed by atoms with Gasteiger partial charge in [-0.2, -0.15) is 5.10 Å².